The molecule has 0 saturated carbocycles. The Morgan fingerprint density at radius 3 is 2.28 bits per heavy atom. The summed E-state index contributed by atoms with van der Waals surface area (Å²) in [5.41, 5.74) is 10.4. The van der Waals surface area contributed by atoms with Crippen LogP contribution in [0, 0.1) is 6.92 Å². The molecule has 0 fully saturated rings. The van der Waals surface area contributed by atoms with Crippen molar-refractivity contribution >= 4 is 0 Å². The predicted octanol–water partition coefficient (Wildman–Crippen LogP) is 6.13. The van der Waals surface area contributed by atoms with Gasteiger partial charge in [-0.05, 0) is 86.7 Å². The Hall–Kier alpha value is -2.52. The highest BCUT2D eigenvalue weighted by Crippen LogP contribution is 2.39. The monoisotopic (exact) mass is 427 g/mol. The molecule has 0 radical (unpaired) electrons. The molecule has 3 aromatic rings. The highest BCUT2D eigenvalue weighted by atomic mass is 15.0. The minimum absolute atomic E-state index is 0.0513. The van der Waals surface area contributed by atoms with E-state index in [4.69, 9.17) is 9.97 Å². The molecule has 1 aliphatic carbocycles. The van der Waals surface area contributed by atoms with Gasteiger partial charge in [-0.2, -0.15) is 0 Å². The predicted molar refractivity (Wildman–Crippen MR) is 134 cm³/mol. The fraction of sp³-hybridized carbons (Fsp3) is 0.448. The number of likely N-dealkylation sites (N-methyl/N-ethyl adjacent to an activating group) is 1. The van der Waals surface area contributed by atoms with Gasteiger partial charge in [0.05, 0.1) is 0 Å². The van der Waals surface area contributed by atoms with Crippen molar-refractivity contribution in [1.82, 2.24) is 15.3 Å². The first-order valence-corrected chi connectivity index (χ1v) is 12.3. The van der Waals surface area contributed by atoms with Gasteiger partial charge in [-0.25, -0.2) is 9.97 Å². The second-order valence-electron chi connectivity index (χ2n) is 9.09. The summed E-state index contributed by atoms with van der Waals surface area (Å²) >= 11 is 0. The smallest absolute Gasteiger partial charge is 0.160 e. The molecule has 1 atom stereocenters. The van der Waals surface area contributed by atoms with Gasteiger partial charge >= 0.3 is 0 Å². The van der Waals surface area contributed by atoms with E-state index < -0.39 is 0 Å². The molecule has 1 unspecified atom stereocenters. The SMILES string of the molecule is CCc1cccc(CC)c1-c1nc(C)c(CC2(NC)CCCc3ccccc32)c(CC)n1. The molecule has 0 saturated heterocycles. The molecule has 2 aromatic carbocycles. The first-order valence-electron chi connectivity index (χ1n) is 12.3. The number of hydrogen-bond donors (Lipinski definition) is 1. The molecule has 0 spiro atoms. The van der Waals surface area contributed by atoms with Crippen molar-refractivity contribution in [2.75, 3.05) is 7.05 Å². The van der Waals surface area contributed by atoms with Gasteiger partial charge in [-0.3, -0.25) is 0 Å². The highest BCUT2D eigenvalue weighted by molar-refractivity contribution is 5.66. The molecular weight excluding hydrogens is 390 g/mol. The van der Waals surface area contributed by atoms with Crippen molar-refractivity contribution in [2.24, 2.45) is 0 Å². The van der Waals surface area contributed by atoms with E-state index in [0.717, 1.165) is 43.6 Å². The fourth-order valence-corrected chi connectivity index (χ4v) is 5.57. The van der Waals surface area contributed by atoms with Crippen molar-refractivity contribution < 1.29 is 0 Å². The van der Waals surface area contributed by atoms with Crippen LogP contribution < -0.4 is 5.32 Å². The number of nitrogens with one attached hydrogen (secondary N) is 1. The number of aromatic nitrogens is 2. The Balaban J connectivity index is 1.82. The van der Waals surface area contributed by atoms with Crippen molar-refractivity contribution in [3.05, 3.63) is 81.7 Å². The lowest BCUT2D eigenvalue weighted by Gasteiger charge is -2.40. The van der Waals surface area contributed by atoms with Crippen LogP contribution in [-0.2, 0) is 37.6 Å². The largest absolute Gasteiger partial charge is 0.310 e. The van der Waals surface area contributed by atoms with Crippen molar-refractivity contribution in [3.8, 4) is 11.4 Å². The topological polar surface area (TPSA) is 37.8 Å². The van der Waals surface area contributed by atoms with Crippen LogP contribution in [0.3, 0.4) is 0 Å². The zero-order chi connectivity index (χ0) is 22.7. The van der Waals surface area contributed by atoms with Crippen LogP contribution in [0.2, 0.25) is 0 Å². The molecule has 1 aromatic heterocycles. The Morgan fingerprint density at radius 1 is 0.906 bits per heavy atom. The summed E-state index contributed by atoms with van der Waals surface area (Å²) in [4.78, 5) is 10.3. The summed E-state index contributed by atoms with van der Waals surface area (Å²) in [6, 6.07) is 15.6. The average Bonchev–Trinajstić information content (AvgIpc) is 2.84. The molecule has 4 rings (SSSR count). The Bertz CT molecular complexity index is 1080. The normalized spacial score (nSPS) is 17.9. The summed E-state index contributed by atoms with van der Waals surface area (Å²) in [7, 11) is 2.11. The van der Waals surface area contributed by atoms with Crippen LogP contribution in [0.1, 0.15) is 72.8 Å². The maximum Gasteiger partial charge on any atom is 0.160 e. The lowest BCUT2D eigenvalue weighted by Crippen LogP contribution is -2.45. The number of hydrogen-bond acceptors (Lipinski definition) is 3. The van der Waals surface area contributed by atoms with E-state index in [-0.39, 0.29) is 5.54 Å². The molecule has 168 valence electrons. The molecule has 3 heteroatoms. The number of fused-ring (bicyclic) bond motifs is 1. The van der Waals surface area contributed by atoms with Gasteiger partial charge in [0.15, 0.2) is 5.82 Å². The van der Waals surface area contributed by atoms with E-state index in [1.54, 1.807) is 0 Å². The zero-order valence-corrected chi connectivity index (χ0v) is 20.4. The fourth-order valence-electron chi connectivity index (χ4n) is 5.57. The van der Waals surface area contributed by atoms with Gasteiger partial charge in [-0.15, -0.1) is 0 Å². The van der Waals surface area contributed by atoms with Crippen LogP contribution in [0.15, 0.2) is 42.5 Å². The Morgan fingerprint density at radius 2 is 1.62 bits per heavy atom. The van der Waals surface area contributed by atoms with Crippen LogP contribution in [0.5, 0.6) is 0 Å². The number of rotatable bonds is 7. The van der Waals surface area contributed by atoms with Gasteiger partial charge in [0.2, 0.25) is 0 Å². The van der Waals surface area contributed by atoms with Gasteiger partial charge in [0.1, 0.15) is 0 Å². The minimum atomic E-state index is -0.0513. The molecule has 1 heterocycles. The van der Waals surface area contributed by atoms with Gasteiger partial charge in [0, 0.05) is 22.5 Å². The van der Waals surface area contributed by atoms with Crippen molar-refractivity contribution in [2.45, 2.75) is 78.2 Å². The summed E-state index contributed by atoms with van der Waals surface area (Å²) in [5, 5.41) is 3.73. The van der Waals surface area contributed by atoms with Crippen molar-refractivity contribution in [1.29, 1.82) is 0 Å². The average molecular weight is 428 g/mol. The van der Waals surface area contributed by atoms with E-state index in [2.05, 4.69) is 82.5 Å². The molecular formula is C29H37N3. The van der Waals surface area contributed by atoms with Crippen LogP contribution in [0.25, 0.3) is 11.4 Å². The van der Waals surface area contributed by atoms with Gasteiger partial charge < -0.3 is 5.32 Å². The third kappa shape index (κ3) is 3.99. The van der Waals surface area contributed by atoms with E-state index >= 15 is 0 Å². The summed E-state index contributed by atoms with van der Waals surface area (Å²) in [6.07, 6.45) is 7.37. The number of benzene rings is 2. The standard InChI is InChI=1S/C29H37N3/c1-6-21-14-11-15-22(7-2)27(21)28-31-20(4)24(26(8-3)32-28)19-29(30-5)18-12-16-23-13-9-10-17-25(23)29/h9-11,13-15,17,30H,6-8,12,16,18-19H2,1-5H3. The second kappa shape index (κ2) is 9.54. The Kier molecular flexibility index (Phi) is 6.76. The van der Waals surface area contributed by atoms with E-state index in [9.17, 15) is 0 Å². The van der Waals surface area contributed by atoms with Gasteiger partial charge in [-0.1, -0.05) is 63.2 Å². The lowest BCUT2D eigenvalue weighted by molar-refractivity contribution is 0.301. The molecule has 32 heavy (non-hydrogen) atoms. The van der Waals surface area contributed by atoms with Crippen molar-refractivity contribution in [3.63, 3.8) is 0 Å². The molecule has 0 amide bonds. The minimum Gasteiger partial charge on any atom is -0.310 e. The van der Waals surface area contributed by atoms with E-state index in [1.807, 2.05) is 0 Å². The lowest BCUT2D eigenvalue weighted by atomic mass is 9.72. The molecule has 0 bridgehead atoms. The molecule has 1 N–H and O–H groups in total. The highest BCUT2D eigenvalue weighted by Gasteiger charge is 2.36. The van der Waals surface area contributed by atoms with Crippen LogP contribution >= 0.6 is 0 Å². The van der Waals surface area contributed by atoms with E-state index in [0.29, 0.717) is 0 Å². The summed E-state index contributed by atoms with van der Waals surface area (Å²) in [6.45, 7) is 8.84. The molecule has 0 aliphatic heterocycles. The van der Waals surface area contributed by atoms with E-state index in [1.165, 1.54) is 51.9 Å². The van der Waals surface area contributed by atoms with Gasteiger partial charge in [0.25, 0.3) is 0 Å². The number of aryl methyl sites for hydroxylation is 5. The first-order chi connectivity index (χ1) is 15.6. The maximum absolute atomic E-state index is 5.19. The Labute approximate surface area is 193 Å². The first kappa shape index (κ1) is 22.7. The number of nitrogens with zero attached hydrogens (tertiary/aromatic N) is 2. The summed E-state index contributed by atoms with van der Waals surface area (Å²) in [5.74, 6) is 0.903. The zero-order valence-electron chi connectivity index (χ0n) is 20.4. The molecule has 1 aliphatic rings. The quantitative estimate of drug-likeness (QED) is 0.493. The van der Waals surface area contributed by atoms with Crippen LogP contribution in [-0.4, -0.2) is 17.0 Å². The molecule has 3 nitrogen and oxygen atoms in total. The summed E-state index contributed by atoms with van der Waals surface area (Å²) < 4.78 is 0. The third-order valence-electron chi connectivity index (χ3n) is 7.40. The maximum atomic E-state index is 5.19. The van der Waals surface area contributed by atoms with Crippen LogP contribution in [0.4, 0.5) is 0 Å². The second-order valence-corrected chi connectivity index (χ2v) is 9.09. The third-order valence-corrected chi connectivity index (χ3v) is 7.40.